The van der Waals surface area contributed by atoms with Gasteiger partial charge in [0.05, 0.1) is 10.6 Å². The summed E-state index contributed by atoms with van der Waals surface area (Å²) in [5.74, 6) is -0.274. The van der Waals surface area contributed by atoms with Gasteiger partial charge in [0.1, 0.15) is 11.5 Å². The first-order chi connectivity index (χ1) is 9.90. The van der Waals surface area contributed by atoms with Gasteiger partial charge in [-0.1, -0.05) is 18.2 Å². The molecule has 0 radical (unpaired) electrons. The first kappa shape index (κ1) is 14.9. The van der Waals surface area contributed by atoms with Gasteiger partial charge in [0, 0.05) is 11.6 Å². The Labute approximate surface area is 122 Å². The molecule has 0 spiro atoms. The summed E-state index contributed by atoms with van der Waals surface area (Å²) in [5, 5.41) is 22.7. The molecule has 0 atom stereocenters. The van der Waals surface area contributed by atoms with E-state index in [9.17, 15) is 18.6 Å². The van der Waals surface area contributed by atoms with Gasteiger partial charge in [0.2, 0.25) is 0 Å². The highest BCUT2D eigenvalue weighted by Gasteiger charge is 2.13. The van der Waals surface area contributed by atoms with E-state index < -0.39 is 10.0 Å². The lowest BCUT2D eigenvalue weighted by molar-refractivity contribution is 0.450. The molecular weight excluding hydrogens is 292 g/mol. The van der Waals surface area contributed by atoms with E-state index in [0.717, 1.165) is 6.07 Å². The number of benzene rings is 2. The molecule has 2 rings (SSSR count). The summed E-state index contributed by atoms with van der Waals surface area (Å²) in [7, 11) is -3.75. The van der Waals surface area contributed by atoms with Crippen LogP contribution >= 0.6 is 0 Å². The van der Waals surface area contributed by atoms with Crippen molar-refractivity contribution in [2.45, 2.75) is 11.8 Å². The monoisotopic (exact) mass is 306 g/mol. The molecule has 21 heavy (non-hydrogen) atoms. The first-order valence-electron chi connectivity index (χ1n) is 6.03. The molecule has 0 aliphatic heterocycles. The van der Waals surface area contributed by atoms with Crippen molar-refractivity contribution >= 4 is 15.7 Å². The summed E-state index contributed by atoms with van der Waals surface area (Å²) in [5.41, 5.74) is 0.593. The third kappa shape index (κ3) is 3.51. The minimum absolute atomic E-state index is 0.0890. The van der Waals surface area contributed by atoms with Crippen LogP contribution in [0.1, 0.15) is 12.5 Å². The number of phenolic OH excluding ortho intramolecular Hbond substituents is 2. The molecule has 0 aliphatic carbocycles. The second-order valence-corrected chi connectivity index (χ2v) is 5.97. The van der Waals surface area contributed by atoms with Crippen molar-refractivity contribution < 1.29 is 18.6 Å². The van der Waals surface area contributed by atoms with E-state index in [1.807, 2.05) is 0 Å². The molecule has 0 bridgehead atoms. The fourth-order valence-electron chi connectivity index (χ4n) is 1.67. The van der Waals surface area contributed by atoms with E-state index in [1.165, 1.54) is 24.3 Å². The lowest BCUT2D eigenvalue weighted by atomic mass is 10.1. The molecule has 2 aromatic carbocycles. The molecule has 6 nitrogen and oxygen atoms in total. The van der Waals surface area contributed by atoms with Crippen molar-refractivity contribution in [3.05, 3.63) is 54.1 Å². The Morgan fingerprint density at radius 1 is 1.10 bits per heavy atom. The smallest absolute Gasteiger partial charge is 0.276 e. The number of hydrogen-bond donors (Lipinski definition) is 3. The lowest BCUT2D eigenvalue weighted by Crippen LogP contribution is -2.19. The van der Waals surface area contributed by atoms with Crippen LogP contribution in [0.5, 0.6) is 11.5 Å². The number of nitrogens with one attached hydrogen (secondary N) is 1. The van der Waals surface area contributed by atoms with Gasteiger partial charge in [-0.25, -0.2) is 0 Å². The van der Waals surface area contributed by atoms with Crippen LogP contribution in [0.2, 0.25) is 0 Å². The van der Waals surface area contributed by atoms with Gasteiger partial charge in [0.25, 0.3) is 10.0 Å². The second kappa shape index (κ2) is 5.84. The van der Waals surface area contributed by atoms with Crippen LogP contribution in [0.4, 0.5) is 0 Å². The quantitative estimate of drug-likeness (QED) is 0.592. The molecule has 0 amide bonds. The molecule has 7 heteroatoms. The average molecular weight is 306 g/mol. The zero-order valence-electron chi connectivity index (χ0n) is 11.2. The predicted molar refractivity (Wildman–Crippen MR) is 78.7 cm³/mol. The van der Waals surface area contributed by atoms with Crippen LogP contribution in [0, 0.1) is 0 Å². The van der Waals surface area contributed by atoms with Crippen LogP contribution in [0.3, 0.4) is 0 Å². The Balaban J connectivity index is 2.24. The Bertz CT molecular complexity index is 771. The molecule has 0 heterocycles. The highest BCUT2D eigenvalue weighted by Crippen LogP contribution is 2.23. The summed E-state index contributed by atoms with van der Waals surface area (Å²) >= 11 is 0. The molecule has 110 valence electrons. The normalized spacial score (nSPS) is 12.1. The van der Waals surface area contributed by atoms with E-state index in [2.05, 4.69) is 9.93 Å². The van der Waals surface area contributed by atoms with Crippen molar-refractivity contribution in [3.63, 3.8) is 0 Å². The predicted octanol–water partition coefficient (Wildman–Crippen LogP) is 1.80. The SMILES string of the molecule is C/C(=N\NS(=O)(=O)c1ccccc1)c1ccc(O)cc1O. The summed E-state index contributed by atoms with van der Waals surface area (Å²) < 4.78 is 24.0. The molecule has 0 aliphatic rings. The topological polar surface area (TPSA) is 99.0 Å². The maximum absolute atomic E-state index is 12.0. The molecule has 2 aromatic rings. The minimum Gasteiger partial charge on any atom is -0.508 e. The van der Waals surface area contributed by atoms with Crippen LogP contribution in [0.15, 0.2) is 58.5 Å². The van der Waals surface area contributed by atoms with Crippen molar-refractivity contribution in [3.8, 4) is 11.5 Å². The summed E-state index contributed by atoms with van der Waals surface area (Å²) in [6, 6.07) is 11.8. The van der Waals surface area contributed by atoms with Gasteiger partial charge in [-0.05, 0) is 31.2 Å². The van der Waals surface area contributed by atoms with Crippen LogP contribution in [0.25, 0.3) is 0 Å². The van der Waals surface area contributed by atoms with Gasteiger partial charge in [-0.2, -0.15) is 18.4 Å². The van der Waals surface area contributed by atoms with Crippen LogP contribution < -0.4 is 4.83 Å². The third-order valence-electron chi connectivity index (χ3n) is 2.76. The van der Waals surface area contributed by atoms with Crippen molar-refractivity contribution in [1.29, 1.82) is 0 Å². The summed E-state index contributed by atoms with van der Waals surface area (Å²) in [6.07, 6.45) is 0. The fourth-order valence-corrected chi connectivity index (χ4v) is 2.55. The Hall–Kier alpha value is -2.54. The van der Waals surface area contributed by atoms with Crippen molar-refractivity contribution in [2.24, 2.45) is 5.10 Å². The highest BCUT2D eigenvalue weighted by atomic mass is 32.2. The van der Waals surface area contributed by atoms with E-state index in [1.54, 1.807) is 25.1 Å². The third-order valence-corrected chi connectivity index (χ3v) is 3.98. The fraction of sp³-hybridized carbons (Fsp3) is 0.0714. The number of aromatic hydroxyl groups is 2. The van der Waals surface area contributed by atoms with E-state index in [-0.39, 0.29) is 22.1 Å². The van der Waals surface area contributed by atoms with Gasteiger partial charge < -0.3 is 10.2 Å². The molecule has 0 fully saturated rings. The number of rotatable bonds is 4. The number of hydrazone groups is 1. The number of sulfonamides is 1. The first-order valence-corrected chi connectivity index (χ1v) is 7.52. The van der Waals surface area contributed by atoms with Gasteiger partial charge >= 0.3 is 0 Å². The largest absolute Gasteiger partial charge is 0.508 e. The van der Waals surface area contributed by atoms with Gasteiger partial charge in [0.15, 0.2) is 0 Å². The molecule has 0 unspecified atom stereocenters. The minimum atomic E-state index is -3.75. The van der Waals surface area contributed by atoms with Crippen molar-refractivity contribution in [2.75, 3.05) is 0 Å². The van der Waals surface area contributed by atoms with Crippen LogP contribution in [-0.4, -0.2) is 24.3 Å². The Morgan fingerprint density at radius 3 is 2.38 bits per heavy atom. The zero-order valence-corrected chi connectivity index (χ0v) is 12.0. The number of nitrogens with zero attached hydrogens (tertiary/aromatic N) is 1. The second-order valence-electron chi connectivity index (χ2n) is 4.31. The number of phenols is 2. The van der Waals surface area contributed by atoms with Gasteiger partial charge in [-0.3, -0.25) is 0 Å². The Morgan fingerprint density at radius 2 is 1.76 bits per heavy atom. The number of hydrogen-bond acceptors (Lipinski definition) is 5. The van der Waals surface area contributed by atoms with Crippen molar-refractivity contribution in [1.82, 2.24) is 4.83 Å². The molecular formula is C14H14N2O4S. The Kier molecular flexibility index (Phi) is 4.13. The lowest BCUT2D eigenvalue weighted by Gasteiger charge is -2.07. The molecule has 0 aromatic heterocycles. The molecule has 0 saturated carbocycles. The highest BCUT2D eigenvalue weighted by molar-refractivity contribution is 7.89. The van der Waals surface area contributed by atoms with E-state index in [0.29, 0.717) is 5.56 Å². The average Bonchev–Trinajstić information content (AvgIpc) is 2.46. The summed E-state index contributed by atoms with van der Waals surface area (Å²) in [4.78, 5) is 2.20. The zero-order chi connectivity index (χ0) is 15.5. The van der Waals surface area contributed by atoms with E-state index >= 15 is 0 Å². The van der Waals surface area contributed by atoms with Gasteiger partial charge in [-0.15, -0.1) is 0 Å². The molecule has 3 N–H and O–H groups in total. The molecule has 0 saturated heterocycles. The standard InChI is InChI=1S/C14H14N2O4S/c1-10(13-8-7-11(17)9-14(13)18)15-16-21(19,20)12-5-3-2-4-6-12/h2-9,16-18H,1H3/b15-10+. The van der Waals surface area contributed by atoms with Crippen LogP contribution in [-0.2, 0) is 10.0 Å². The maximum Gasteiger partial charge on any atom is 0.276 e. The summed E-state index contributed by atoms with van der Waals surface area (Å²) in [6.45, 7) is 1.54. The van der Waals surface area contributed by atoms with E-state index in [4.69, 9.17) is 0 Å². The maximum atomic E-state index is 12.0.